The fraction of sp³-hybridized carbons (Fsp3) is 0.516. The van der Waals surface area contributed by atoms with Gasteiger partial charge in [0, 0.05) is 26.1 Å². The number of sulfonamides is 1. The van der Waals surface area contributed by atoms with E-state index in [9.17, 15) is 27.9 Å². The third kappa shape index (κ3) is 9.66. The van der Waals surface area contributed by atoms with Crippen LogP contribution in [0.15, 0.2) is 53.4 Å². The smallest absolute Gasteiger partial charge is 0.243 e. The van der Waals surface area contributed by atoms with Crippen molar-refractivity contribution >= 4 is 27.7 Å². The predicted octanol–water partition coefficient (Wildman–Crippen LogP) is 1.82. The first-order chi connectivity index (χ1) is 20.6. The fourth-order valence-corrected chi connectivity index (χ4v) is 6.35. The van der Waals surface area contributed by atoms with Crippen molar-refractivity contribution < 1.29 is 37.4 Å². The average Bonchev–Trinajstić information content (AvgIpc) is 3.42. The van der Waals surface area contributed by atoms with Crippen LogP contribution in [0.5, 0.6) is 11.5 Å². The lowest BCUT2D eigenvalue weighted by Crippen LogP contribution is -2.59. The quantitative estimate of drug-likeness (QED) is 0.245. The normalized spacial score (nSPS) is 15.0. The molecule has 3 amide bonds. The van der Waals surface area contributed by atoms with Gasteiger partial charge in [-0.25, -0.2) is 8.42 Å². The second-order valence-electron chi connectivity index (χ2n) is 12.4. The Balaban J connectivity index is 1.89. The standard InChI is InChI=1S/C31H44N4O8S/c1-20(2)17-35(44(40,41)23-12-13-26-27(15-23)43-19-42-26)18-25(37)24(14-22-10-8-7-9-11-22)33-30(39)29(31(4,5)6)34-28(38)16-32-21(3)36/h7-13,15,20,24-25,29,37H,14,16-19H2,1-6H3,(H,32,36)(H,33,39)(H,34,38). The molecule has 1 aliphatic rings. The number of nitrogens with one attached hydrogen (secondary N) is 3. The molecule has 2 aromatic carbocycles. The first-order valence-electron chi connectivity index (χ1n) is 14.5. The predicted molar refractivity (Wildman–Crippen MR) is 164 cm³/mol. The maximum Gasteiger partial charge on any atom is 0.243 e. The molecule has 12 nitrogen and oxygen atoms in total. The van der Waals surface area contributed by atoms with E-state index in [2.05, 4.69) is 16.0 Å². The van der Waals surface area contributed by atoms with Crippen molar-refractivity contribution in [1.82, 2.24) is 20.3 Å². The number of carbonyl (C=O) groups is 3. The molecule has 3 atom stereocenters. The van der Waals surface area contributed by atoms with Crippen LogP contribution in [-0.2, 0) is 30.8 Å². The third-order valence-electron chi connectivity index (χ3n) is 6.96. The SMILES string of the molecule is CC(=O)NCC(=O)NC(C(=O)NC(Cc1ccccc1)C(O)CN(CC(C)C)S(=O)(=O)c1ccc2c(c1)OCO2)C(C)(C)C. The van der Waals surface area contributed by atoms with Crippen LogP contribution in [0.2, 0.25) is 0 Å². The summed E-state index contributed by atoms with van der Waals surface area (Å²) in [6.07, 6.45) is -1.12. The van der Waals surface area contributed by atoms with E-state index >= 15 is 0 Å². The number of hydrogen-bond donors (Lipinski definition) is 4. The van der Waals surface area contributed by atoms with Gasteiger partial charge in [0.1, 0.15) is 6.04 Å². The molecule has 0 bridgehead atoms. The molecular formula is C31H44N4O8S. The Kier molecular flexibility index (Phi) is 11.8. The Labute approximate surface area is 259 Å². The van der Waals surface area contributed by atoms with Crippen molar-refractivity contribution in [1.29, 1.82) is 0 Å². The summed E-state index contributed by atoms with van der Waals surface area (Å²) in [7, 11) is -4.08. The van der Waals surface area contributed by atoms with Crippen LogP contribution in [0.25, 0.3) is 0 Å². The highest BCUT2D eigenvalue weighted by Gasteiger charge is 2.37. The van der Waals surface area contributed by atoms with E-state index in [1.54, 1.807) is 20.8 Å². The van der Waals surface area contributed by atoms with E-state index in [0.29, 0.717) is 11.5 Å². The van der Waals surface area contributed by atoms with Gasteiger partial charge in [0.05, 0.1) is 23.6 Å². The zero-order chi connectivity index (χ0) is 32.7. The summed E-state index contributed by atoms with van der Waals surface area (Å²) >= 11 is 0. The van der Waals surface area contributed by atoms with Crippen LogP contribution in [0.4, 0.5) is 0 Å². The van der Waals surface area contributed by atoms with Gasteiger partial charge in [-0.3, -0.25) is 14.4 Å². The number of hydrogen-bond acceptors (Lipinski definition) is 8. The van der Waals surface area contributed by atoms with Crippen molar-refractivity contribution in [2.75, 3.05) is 26.4 Å². The molecule has 3 unspecified atom stereocenters. The highest BCUT2D eigenvalue weighted by atomic mass is 32.2. The summed E-state index contributed by atoms with van der Waals surface area (Å²) in [5.74, 6) is -0.792. The number of fused-ring (bicyclic) bond motifs is 1. The monoisotopic (exact) mass is 632 g/mol. The van der Waals surface area contributed by atoms with Gasteiger partial charge in [0.2, 0.25) is 34.5 Å². The minimum atomic E-state index is -4.08. The van der Waals surface area contributed by atoms with Gasteiger partial charge < -0.3 is 30.5 Å². The molecule has 4 N–H and O–H groups in total. The van der Waals surface area contributed by atoms with E-state index in [-0.39, 0.29) is 49.6 Å². The summed E-state index contributed by atoms with van der Waals surface area (Å²) in [6, 6.07) is 11.6. The van der Waals surface area contributed by atoms with Crippen LogP contribution in [0.1, 0.15) is 47.1 Å². The molecule has 0 saturated carbocycles. The topological polar surface area (TPSA) is 163 Å². The fourth-order valence-electron chi connectivity index (χ4n) is 4.71. The van der Waals surface area contributed by atoms with E-state index in [1.165, 1.54) is 29.4 Å². The number of nitrogens with zero attached hydrogens (tertiary/aromatic N) is 1. The summed E-state index contributed by atoms with van der Waals surface area (Å²) in [5, 5.41) is 19.5. The van der Waals surface area contributed by atoms with E-state index in [0.717, 1.165) is 5.56 Å². The Bertz CT molecular complexity index is 1410. The van der Waals surface area contributed by atoms with E-state index in [4.69, 9.17) is 9.47 Å². The second-order valence-corrected chi connectivity index (χ2v) is 14.3. The van der Waals surface area contributed by atoms with Gasteiger partial charge in [-0.1, -0.05) is 65.0 Å². The number of benzene rings is 2. The number of carbonyl (C=O) groups excluding carboxylic acids is 3. The molecular weight excluding hydrogens is 588 g/mol. The molecule has 1 aliphatic heterocycles. The molecule has 44 heavy (non-hydrogen) atoms. The summed E-state index contributed by atoms with van der Waals surface area (Å²) < 4.78 is 39.6. The van der Waals surface area contributed by atoms with Gasteiger partial charge in [0.25, 0.3) is 0 Å². The minimum Gasteiger partial charge on any atom is -0.454 e. The Morgan fingerprint density at radius 3 is 2.25 bits per heavy atom. The van der Waals surface area contributed by atoms with Gasteiger partial charge in [-0.05, 0) is 35.4 Å². The molecule has 0 saturated heterocycles. The number of ether oxygens (including phenoxy) is 2. The Morgan fingerprint density at radius 1 is 0.977 bits per heavy atom. The average molecular weight is 633 g/mol. The molecule has 0 aliphatic carbocycles. The summed E-state index contributed by atoms with van der Waals surface area (Å²) in [6.45, 7) is 9.87. The van der Waals surface area contributed by atoms with Crippen molar-refractivity contribution in [3.8, 4) is 11.5 Å². The molecule has 2 aromatic rings. The van der Waals surface area contributed by atoms with Gasteiger partial charge in [-0.15, -0.1) is 0 Å². The largest absolute Gasteiger partial charge is 0.454 e. The first-order valence-corrected chi connectivity index (χ1v) is 16.0. The number of aliphatic hydroxyl groups is 1. The number of amides is 3. The molecule has 0 aromatic heterocycles. The van der Waals surface area contributed by atoms with Crippen LogP contribution in [-0.4, -0.2) is 80.2 Å². The van der Waals surface area contributed by atoms with Crippen molar-refractivity contribution in [2.24, 2.45) is 11.3 Å². The lowest BCUT2D eigenvalue weighted by molar-refractivity contribution is -0.132. The van der Waals surface area contributed by atoms with Gasteiger partial charge >= 0.3 is 0 Å². The zero-order valence-corrected chi connectivity index (χ0v) is 26.9. The number of aliphatic hydroxyl groups excluding tert-OH is 1. The molecule has 1 heterocycles. The van der Waals surface area contributed by atoms with Gasteiger partial charge in [-0.2, -0.15) is 4.31 Å². The molecule has 3 rings (SSSR count). The molecule has 242 valence electrons. The zero-order valence-electron chi connectivity index (χ0n) is 26.1. The van der Waals surface area contributed by atoms with Crippen LogP contribution >= 0.6 is 0 Å². The number of rotatable bonds is 14. The first kappa shape index (κ1) is 34.8. The van der Waals surface area contributed by atoms with Crippen LogP contribution < -0.4 is 25.4 Å². The summed E-state index contributed by atoms with van der Waals surface area (Å²) in [4.78, 5) is 37.5. The maximum absolute atomic E-state index is 13.8. The van der Waals surface area contributed by atoms with E-state index in [1.807, 2.05) is 44.2 Å². The summed E-state index contributed by atoms with van der Waals surface area (Å²) in [5.41, 5.74) is 0.0813. The van der Waals surface area contributed by atoms with Gasteiger partial charge in [0.15, 0.2) is 11.5 Å². The van der Waals surface area contributed by atoms with Crippen molar-refractivity contribution in [3.63, 3.8) is 0 Å². The Morgan fingerprint density at radius 2 is 1.64 bits per heavy atom. The van der Waals surface area contributed by atoms with Crippen molar-refractivity contribution in [3.05, 3.63) is 54.1 Å². The van der Waals surface area contributed by atoms with Crippen LogP contribution in [0, 0.1) is 11.3 Å². The van der Waals surface area contributed by atoms with E-state index < -0.39 is 45.4 Å². The second kappa shape index (κ2) is 14.9. The van der Waals surface area contributed by atoms with Crippen LogP contribution in [0.3, 0.4) is 0 Å². The highest BCUT2D eigenvalue weighted by Crippen LogP contribution is 2.35. The molecule has 13 heteroatoms. The lowest BCUT2D eigenvalue weighted by Gasteiger charge is -2.34. The maximum atomic E-state index is 13.8. The minimum absolute atomic E-state index is 0.00260. The molecule has 0 radical (unpaired) electrons. The lowest BCUT2D eigenvalue weighted by atomic mass is 9.85. The third-order valence-corrected chi connectivity index (χ3v) is 8.79. The Hall–Kier alpha value is -3.68. The molecule has 0 spiro atoms. The van der Waals surface area contributed by atoms with Crippen molar-refractivity contribution in [2.45, 2.75) is 71.0 Å². The molecule has 0 fully saturated rings. The highest BCUT2D eigenvalue weighted by molar-refractivity contribution is 7.89.